The SMILES string of the molecule is NNc1ncc(S(=O)(=O)N2CCCC(O)C2)cc1Cl. The van der Waals surface area contributed by atoms with Crippen LogP contribution in [0.25, 0.3) is 0 Å². The van der Waals surface area contributed by atoms with Gasteiger partial charge >= 0.3 is 0 Å². The van der Waals surface area contributed by atoms with Gasteiger partial charge in [-0.15, -0.1) is 0 Å². The van der Waals surface area contributed by atoms with Gasteiger partial charge in [0.05, 0.1) is 11.1 Å². The Morgan fingerprint density at radius 1 is 1.58 bits per heavy atom. The summed E-state index contributed by atoms with van der Waals surface area (Å²) < 4.78 is 25.9. The Hall–Kier alpha value is -0.930. The van der Waals surface area contributed by atoms with Crippen LogP contribution in [0.1, 0.15) is 12.8 Å². The van der Waals surface area contributed by atoms with Crippen LogP contribution < -0.4 is 11.3 Å². The number of aromatic nitrogens is 1. The average Bonchev–Trinajstić information content (AvgIpc) is 2.38. The van der Waals surface area contributed by atoms with E-state index in [-0.39, 0.29) is 22.3 Å². The molecule has 1 aliphatic rings. The Bertz CT molecular complexity index is 566. The molecule has 0 amide bonds. The van der Waals surface area contributed by atoms with Crippen molar-refractivity contribution in [3.8, 4) is 0 Å². The van der Waals surface area contributed by atoms with Gasteiger partial charge in [0.15, 0.2) is 5.82 Å². The first-order valence-corrected chi connectivity index (χ1v) is 7.57. The van der Waals surface area contributed by atoms with E-state index in [4.69, 9.17) is 17.4 Å². The van der Waals surface area contributed by atoms with Crippen LogP contribution in [0.15, 0.2) is 17.2 Å². The van der Waals surface area contributed by atoms with Crippen LogP contribution in [-0.4, -0.2) is 42.0 Å². The maximum absolute atomic E-state index is 12.3. The molecule has 1 unspecified atom stereocenters. The third-order valence-corrected chi connectivity index (χ3v) is 5.07. The lowest BCUT2D eigenvalue weighted by molar-refractivity contribution is 0.108. The molecule has 2 heterocycles. The van der Waals surface area contributed by atoms with Gasteiger partial charge in [-0.2, -0.15) is 4.31 Å². The zero-order valence-corrected chi connectivity index (χ0v) is 11.7. The summed E-state index contributed by atoms with van der Waals surface area (Å²) in [4.78, 5) is 3.83. The Labute approximate surface area is 116 Å². The number of nitrogens with two attached hydrogens (primary N) is 1. The van der Waals surface area contributed by atoms with E-state index in [1.807, 2.05) is 0 Å². The highest BCUT2D eigenvalue weighted by molar-refractivity contribution is 7.89. The number of sulfonamides is 1. The number of hydrazine groups is 1. The van der Waals surface area contributed by atoms with Gasteiger partial charge in [0.25, 0.3) is 0 Å². The topological polar surface area (TPSA) is 109 Å². The lowest BCUT2D eigenvalue weighted by atomic mass is 10.1. The third-order valence-electron chi connectivity index (χ3n) is 2.95. The van der Waals surface area contributed by atoms with Crippen molar-refractivity contribution in [1.82, 2.24) is 9.29 Å². The molecular formula is C10H15ClN4O3S. The molecule has 19 heavy (non-hydrogen) atoms. The predicted molar refractivity (Wildman–Crippen MR) is 71.1 cm³/mol. The van der Waals surface area contributed by atoms with Crippen LogP contribution in [0.5, 0.6) is 0 Å². The zero-order chi connectivity index (χ0) is 14.0. The number of nitrogens with one attached hydrogen (secondary N) is 1. The van der Waals surface area contributed by atoms with Crippen molar-refractivity contribution in [1.29, 1.82) is 0 Å². The summed E-state index contributed by atoms with van der Waals surface area (Å²) in [6.45, 7) is 0.477. The maximum atomic E-state index is 12.3. The van der Waals surface area contributed by atoms with Crippen LogP contribution in [0.4, 0.5) is 5.82 Å². The zero-order valence-electron chi connectivity index (χ0n) is 10.1. The first-order chi connectivity index (χ1) is 8.95. The van der Waals surface area contributed by atoms with Gasteiger partial charge in [0.1, 0.15) is 4.90 Å². The van der Waals surface area contributed by atoms with Crippen LogP contribution >= 0.6 is 11.6 Å². The highest BCUT2D eigenvalue weighted by atomic mass is 35.5. The van der Waals surface area contributed by atoms with Crippen LogP contribution in [0, 0.1) is 0 Å². The number of aliphatic hydroxyl groups excluding tert-OH is 1. The van der Waals surface area contributed by atoms with Gasteiger partial charge in [-0.3, -0.25) is 0 Å². The van der Waals surface area contributed by atoms with Crippen LogP contribution in [-0.2, 0) is 10.0 Å². The lowest BCUT2D eigenvalue weighted by Crippen LogP contribution is -2.42. The summed E-state index contributed by atoms with van der Waals surface area (Å²) in [5.41, 5.74) is 2.27. The monoisotopic (exact) mass is 306 g/mol. The van der Waals surface area contributed by atoms with E-state index in [9.17, 15) is 13.5 Å². The molecule has 106 valence electrons. The van der Waals surface area contributed by atoms with Crippen molar-refractivity contribution >= 4 is 27.4 Å². The van der Waals surface area contributed by atoms with E-state index in [0.29, 0.717) is 19.4 Å². The van der Waals surface area contributed by atoms with Gasteiger partial charge in [-0.05, 0) is 18.9 Å². The number of rotatable bonds is 3. The number of anilines is 1. The predicted octanol–water partition coefficient (Wildman–Crippen LogP) is 0.166. The molecule has 2 rings (SSSR count). The lowest BCUT2D eigenvalue weighted by Gasteiger charge is -2.29. The number of nitrogens with zero attached hydrogens (tertiary/aromatic N) is 2. The van der Waals surface area contributed by atoms with Crippen LogP contribution in [0.3, 0.4) is 0 Å². The third kappa shape index (κ3) is 2.98. The summed E-state index contributed by atoms with van der Waals surface area (Å²) in [7, 11) is -3.68. The van der Waals surface area contributed by atoms with E-state index >= 15 is 0 Å². The summed E-state index contributed by atoms with van der Waals surface area (Å²) in [5, 5.41) is 9.68. The highest BCUT2D eigenvalue weighted by Gasteiger charge is 2.30. The molecule has 1 atom stereocenters. The van der Waals surface area contributed by atoms with Gasteiger partial charge in [-0.25, -0.2) is 19.2 Å². The number of pyridine rings is 1. The van der Waals surface area contributed by atoms with Crippen LogP contribution in [0.2, 0.25) is 5.02 Å². The molecule has 1 fully saturated rings. The number of β-amino-alcohol motifs (C(OH)–C–C–N with tert-alkyl or cyclic N) is 1. The van der Waals surface area contributed by atoms with Crippen molar-refractivity contribution < 1.29 is 13.5 Å². The molecule has 0 aliphatic carbocycles. The number of piperidine rings is 1. The molecule has 0 bridgehead atoms. The van der Waals surface area contributed by atoms with Crippen molar-refractivity contribution in [3.63, 3.8) is 0 Å². The van der Waals surface area contributed by atoms with E-state index in [1.165, 1.54) is 16.6 Å². The standard InChI is InChI=1S/C10H15ClN4O3S/c11-9-4-8(5-13-10(9)14-12)19(17,18)15-3-1-2-7(16)6-15/h4-5,7,16H,1-3,6,12H2,(H,13,14). The van der Waals surface area contributed by atoms with Gasteiger partial charge < -0.3 is 10.5 Å². The fraction of sp³-hybridized carbons (Fsp3) is 0.500. The van der Waals surface area contributed by atoms with Gasteiger partial charge in [0, 0.05) is 19.3 Å². The van der Waals surface area contributed by atoms with Crippen molar-refractivity contribution in [2.45, 2.75) is 23.8 Å². The molecule has 1 saturated heterocycles. The number of hydrogen-bond donors (Lipinski definition) is 3. The maximum Gasteiger partial charge on any atom is 0.244 e. The molecule has 0 aromatic carbocycles. The quantitative estimate of drug-likeness (QED) is 0.542. The average molecular weight is 307 g/mol. The fourth-order valence-corrected chi connectivity index (χ4v) is 3.73. The molecule has 0 spiro atoms. The minimum absolute atomic E-state index is 0.00870. The molecule has 1 aromatic rings. The summed E-state index contributed by atoms with van der Waals surface area (Å²) in [5.74, 6) is 5.39. The molecule has 1 aliphatic heterocycles. The van der Waals surface area contributed by atoms with E-state index in [2.05, 4.69) is 10.4 Å². The Kier molecular flexibility index (Phi) is 4.26. The molecule has 4 N–H and O–H groups in total. The van der Waals surface area contributed by atoms with Gasteiger partial charge in [-0.1, -0.05) is 11.6 Å². The summed E-state index contributed by atoms with van der Waals surface area (Å²) >= 11 is 5.87. The summed E-state index contributed by atoms with van der Waals surface area (Å²) in [6.07, 6.45) is 1.81. The smallest absolute Gasteiger partial charge is 0.244 e. The molecule has 7 nitrogen and oxygen atoms in total. The largest absolute Gasteiger partial charge is 0.392 e. The second-order valence-corrected chi connectivity index (χ2v) is 6.65. The number of nitrogen functional groups attached to an aromatic ring is 1. The highest BCUT2D eigenvalue weighted by Crippen LogP contribution is 2.25. The summed E-state index contributed by atoms with van der Waals surface area (Å²) in [6, 6.07) is 1.29. The number of halogens is 1. The van der Waals surface area contributed by atoms with Crippen molar-refractivity contribution in [3.05, 3.63) is 17.3 Å². The number of aliphatic hydroxyl groups is 1. The fourth-order valence-electron chi connectivity index (χ4n) is 1.96. The molecular weight excluding hydrogens is 292 g/mol. The van der Waals surface area contributed by atoms with E-state index < -0.39 is 16.1 Å². The minimum atomic E-state index is -3.68. The molecule has 0 saturated carbocycles. The second kappa shape index (κ2) is 5.59. The minimum Gasteiger partial charge on any atom is -0.392 e. The normalized spacial score (nSPS) is 21.3. The number of hydrogen-bond acceptors (Lipinski definition) is 6. The first-order valence-electron chi connectivity index (χ1n) is 5.75. The van der Waals surface area contributed by atoms with Gasteiger partial charge in [0.2, 0.25) is 10.0 Å². The Morgan fingerprint density at radius 3 is 2.89 bits per heavy atom. The molecule has 9 heteroatoms. The van der Waals surface area contributed by atoms with Crippen molar-refractivity contribution in [2.75, 3.05) is 18.5 Å². The first kappa shape index (κ1) is 14.5. The second-order valence-electron chi connectivity index (χ2n) is 4.30. The Balaban J connectivity index is 2.31. The molecule has 1 aromatic heterocycles. The van der Waals surface area contributed by atoms with Crippen molar-refractivity contribution in [2.24, 2.45) is 5.84 Å². The Morgan fingerprint density at radius 2 is 2.32 bits per heavy atom. The van der Waals surface area contributed by atoms with E-state index in [1.54, 1.807) is 0 Å². The van der Waals surface area contributed by atoms with E-state index in [0.717, 1.165) is 0 Å². The molecule has 0 radical (unpaired) electrons.